The zero-order valence-electron chi connectivity index (χ0n) is 16.9. The fourth-order valence-corrected chi connectivity index (χ4v) is 4.00. The molecule has 1 amide bonds. The summed E-state index contributed by atoms with van der Waals surface area (Å²) in [5.74, 6) is 0.685. The Morgan fingerprint density at radius 1 is 1.20 bits per heavy atom. The number of carbonyl (C=O) groups excluding carboxylic acids is 1. The summed E-state index contributed by atoms with van der Waals surface area (Å²) >= 11 is 0. The lowest BCUT2D eigenvalue weighted by molar-refractivity contribution is -0.384. The second-order valence-corrected chi connectivity index (χ2v) is 7.57. The van der Waals surface area contributed by atoms with Crippen LogP contribution in [-0.2, 0) is 4.79 Å². The van der Waals surface area contributed by atoms with Crippen molar-refractivity contribution in [3.63, 3.8) is 0 Å². The van der Waals surface area contributed by atoms with Crippen LogP contribution in [-0.4, -0.2) is 53.2 Å². The lowest BCUT2D eigenvalue weighted by Crippen LogP contribution is -2.36. The summed E-state index contributed by atoms with van der Waals surface area (Å²) in [6.07, 6.45) is 2.72. The molecular weight excluding hydrogens is 384 g/mol. The molecule has 4 rings (SSSR count). The number of methoxy groups -OCH3 is 1. The maximum atomic E-state index is 13.1. The minimum Gasteiger partial charge on any atom is -0.497 e. The Hall–Kier alpha value is -3.26. The molecule has 8 heteroatoms. The van der Waals surface area contributed by atoms with Crippen LogP contribution in [0.1, 0.15) is 36.4 Å². The van der Waals surface area contributed by atoms with Gasteiger partial charge in [-0.1, -0.05) is 24.3 Å². The minimum atomic E-state index is -0.420. The molecular formula is C22H24N4O4. The van der Waals surface area contributed by atoms with Crippen LogP contribution in [0.15, 0.2) is 53.6 Å². The number of nitro groups is 1. The molecule has 2 aliphatic heterocycles. The van der Waals surface area contributed by atoms with E-state index in [2.05, 4.69) is 10.0 Å². The third kappa shape index (κ3) is 4.18. The summed E-state index contributed by atoms with van der Waals surface area (Å²) in [5, 5.41) is 17.3. The molecule has 2 aliphatic rings. The number of benzene rings is 2. The average molecular weight is 408 g/mol. The van der Waals surface area contributed by atoms with Crippen LogP contribution in [0, 0.1) is 10.1 Å². The third-order valence-corrected chi connectivity index (χ3v) is 5.61. The first-order valence-corrected chi connectivity index (χ1v) is 10.1. The van der Waals surface area contributed by atoms with E-state index in [0.717, 1.165) is 37.2 Å². The highest BCUT2D eigenvalue weighted by Gasteiger charge is 2.34. The maximum absolute atomic E-state index is 13.1. The van der Waals surface area contributed by atoms with Crippen molar-refractivity contribution in [2.24, 2.45) is 5.10 Å². The van der Waals surface area contributed by atoms with Gasteiger partial charge < -0.3 is 4.74 Å². The highest BCUT2D eigenvalue weighted by atomic mass is 16.6. The van der Waals surface area contributed by atoms with E-state index >= 15 is 0 Å². The molecule has 0 aliphatic carbocycles. The molecule has 0 saturated carbocycles. The van der Waals surface area contributed by atoms with Crippen molar-refractivity contribution in [3.8, 4) is 5.75 Å². The van der Waals surface area contributed by atoms with Crippen molar-refractivity contribution in [1.82, 2.24) is 9.91 Å². The predicted molar refractivity (Wildman–Crippen MR) is 113 cm³/mol. The number of carbonyl (C=O) groups is 1. The normalized spacial score (nSPS) is 19.0. The van der Waals surface area contributed by atoms with Gasteiger partial charge >= 0.3 is 0 Å². The Morgan fingerprint density at radius 3 is 2.60 bits per heavy atom. The van der Waals surface area contributed by atoms with Crippen LogP contribution < -0.4 is 4.74 Å². The van der Waals surface area contributed by atoms with Gasteiger partial charge in [-0.3, -0.25) is 19.8 Å². The van der Waals surface area contributed by atoms with Gasteiger partial charge in [0.05, 0.1) is 30.3 Å². The quantitative estimate of drug-likeness (QED) is 0.540. The Morgan fingerprint density at radius 2 is 1.93 bits per heavy atom. The Bertz CT molecular complexity index is 967. The number of ether oxygens (including phenoxy) is 1. The monoisotopic (exact) mass is 408 g/mol. The summed E-state index contributed by atoms with van der Waals surface area (Å²) in [7, 11) is 1.61. The van der Waals surface area contributed by atoms with Gasteiger partial charge in [0.2, 0.25) is 0 Å². The van der Waals surface area contributed by atoms with E-state index in [-0.39, 0.29) is 17.6 Å². The van der Waals surface area contributed by atoms with Crippen molar-refractivity contribution >= 4 is 17.3 Å². The van der Waals surface area contributed by atoms with Gasteiger partial charge in [-0.25, -0.2) is 5.01 Å². The van der Waals surface area contributed by atoms with Gasteiger partial charge in [-0.05, 0) is 43.6 Å². The van der Waals surface area contributed by atoms with Crippen LogP contribution >= 0.6 is 0 Å². The molecule has 0 unspecified atom stereocenters. The zero-order valence-corrected chi connectivity index (χ0v) is 16.9. The number of nitrogens with zero attached hydrogens (tertiary/aromatic N) is 4. The molecule has 0 bridgehead atoms. The van der Waals surface area contributed by atoms with E-state index in [9.17, 15) is 14.9 Å². The largest absolute Gasteiger partial charge is 0.497 e. The van der Waals surface area contributed by atoms with Gasteiger partial charge in [0.1, 0.15) is 5.75 Å². The van der Waals surface area contributed by atoms with E-state index in [1.807, 2.05) is 24.3 Å². The number of amides is 1. The van der Waals surface area contributed by atoms with Gasteiger partial charge in [-0.2, -0.15) is 5.10 Å². The van der Waals surface area contributed by atoms with E-state index in [1.165, 1.54) is 12.1 Å². The molecule has 2 aromatic rings. The standard InChI is InChI=1S/C22H24N4O4/c1-30-19-9-7-16(8-10-19)21-14-20(17-5-4-6-18(13-17)26(28)29)23-25(21)22(27)15-24-11-2-3-12-24/h4-10,13,21H,2-3,11-12,14-15H2,1H3/t21-/m0/s1. The van der Waals surface area contributed by atoms with Crippen molar-refractivity contribution < 1.29 is 14.5 Å². The van der Waals surface area contributed by atoms with Crippen molar-refractivity contribution in [1.29, 1.82) is 0 Å². The molecule has 0 N–H and O–H groups in total. The fraction of sp³-hybridized carbons (Fsp3) is 0.364. The van der Waals surface area contributed by atoms with E-state index < -0.39 is 4.92 Å². The van der Waals surface area contributed by atoms with Crippen LogP contribution in [0.25, 0.3) is 0 Å². The first-order valence-electron chi connectivity index (χ1n) is 10.1. The van der Waals surface area contributed by atoms with Crippen molar-refractivity contribution in [2.45, 2.75) is 25.3 Å². The highest BCUT2D eigenvalue weighted by molar-refractivity contribution is 6.03. The lowest BCUT2D eigenvalue weighted by atomic mass is 9.98. The number of hydrogen-bond donors (Lipinski definition) is 0. The van der Waals surface area contributed by atoms with Gasteiger partial charge in [0.25, 0.3) is 11.6 Å². The molecule has 0 spiro atoms. The van der Waals surface area contributed by atoms with Crippen LogP contribution in [0.3, 0.4) is 0 Å². The lowest BCUT2D eigenvalue weighted by Gasteiger charge is -2.24. The maximum Gasteiger partial charge on any atom is 0.270 e. The van der Waals surface area contributed by atoms with Crippen LogP contribution in [0.2, 0.25) is 0 Å². The van der Waals surface area contributed by atoms with Gasteiger partial charge in [-0.15, -0.1) is 0 Å². The Kier molecular flexibility index (Phi) is 5.76. The summed E-state index contributed by atoms with van der Waals surface area (Å²) in [6.45, 7) is 2.18. The van der Waals surface area contributed by atoms with Crippen LogP contribution in [0.4, 0.5) is 5.69 Å². The topological polar surface area (TPSA) is 88.3 Å². The predicted octanol–water partition coefficient (Wildman–Crippen LogP) is 3.38. The van der Waals surface area contributed by atoms with Crippen molar-refractivity contribution in [2.75, 3.05) is 26.7 Å². The van der Waals surface area contributed by atoms with Gasteiger partial charge in [0.15, 0.2) is 0 Å². The molecule has 0 aromatic heterocycles. The Labute approximate surface area is 174 Å². The first kappa shape index (κ1) is 20.0. The summed E-state index contributed by atoms with van der Waals surface area (Å²) in [6, 6.07) is 13.8. The summed E-state index contributed by atoms with van der Waals surface area (Å²) in [5.41, 5.74) is 2.31. The van der Waals surface area contributed by atoms with Crippen LogP contribution in [0.5, 0.6) is 5.75 Å². The number of hydrazone groups is 1. The fourth-order valence-electron chi connectivity index (χ4n) is 4.00. The zero-order chi connectivity index (χ0) is 21.1. The smallest absolute Gasteiger partial charge is 0.270 e. The highest BCUT2D eigenvalue weighted by Crippen LogP contribution is 2.34. The Balaban J connectivity index is 1.63. The van der Waals surface area contributed by atoms with Crippen molar-refractivity contribution in [3.05, 3.63) is 69.8 Å². The third-order valence-electron chi connectivity index (χ3n) is 5.61. The molecule has 30 heavy (non-hydrogen) atoms. The first-order chi connectivity index (χ1) is 14.5. The molecule has 2 heterocycles. The molecule has 156 valence electrons. The number of likely N-dealkylation sites (tertiary alicyclic amines) is 1. The minimum absolute atomic E-state index is 0.0121. The molecule has 1 fully saturated rings. The SMILES string of the molecule is COc1ccc([C@@H]2CC(c3cccc([N+](=O)[O-])c3)=NN2C(=O)CN2CCCC2)cc1. The van der Waals surface area contributed by atoms with E-state index in [4.69, 9.17) is 4.74 Å². The second-order valence-electron chi connectivity index (χ2n) is 7.57. The molecule has 0 radical (unpaired) electrons. The van der Waals surface area contributed by atoms with E-state index in [0.29, 0.717) is 24.2 Å². The number of non-ortho nitro benzene ring substituents is 1. The summed E-state index contributed by atoms with van der Waals surface area (Å²) in [4.78, 5) is 26.0. The number of hydrogen-bond acceptors (Lipinski definition) is 6. The molecule has 2 aromatic carbocycles. The molecule has 1 atom stereocenters. The van der Waals surface area contributed by atoms with E-state index in [1.54, 1.807) is 24.3 Å². The van der Waals surface area contributed by atoms with Gasteiger partial charge in [0, 0.05) is 24.1 Å². The number of rotatable bonds is 6. The summed E-state index contributed by atoms with van der Waals surface area (Å²) < 4.78 is 5.24. The molecule has 8 nitrogen and oxygen atoms in total. The number of nitro benzene ring substituents is 1. The second kappa shape index (κ2) is 8.62. The molecule has 1 saturated heterocycles. The average Bonchev–Trinajstić information content (AvgIpc) is 3.44.